The first kappa shape index (κ1) is 16.4. The molecule has 3 heterocycles. The Labute approximate surface area is 153 Å². The number of carbonyl (C=O) groups is 1. The van der Waals surface area contributed by atoms with Gasteiger partial charge >= 0.3 is 0 Å². The number of thiophene rings is 1. The van der Waals surface area contributed by atoms with Crippen LogP contribution in [0.25, 0.3) is 21.1 Å². The predicted octanol–water partition coefficient (Wildman–Crippen LogP) is 3.26. The Kier molecular flexibility index (Phi) is 4.00. The minimum absolute atomic E-state index is 0.0979. The molecule has 0 saturated heterocycles. The molecule has 1 amide bonds. The average Bonchev–Trinajstić information content (AvgIpc) is 2.93. The van der Waals surface area contributed by atoms with Crippen LogP contribution in [0.2, 0.25) is 0 Å². The molecule has 7 heteroatoms. The van der Waals surface area contributed by atoms with E-state index in [0.717, 1.165) is 15.8 Å². The normalized spacial score (nSPS) is 11.2. The van der Waals surface area contributed by atoms with Crippen molar-refractivity contribution in [3.8, 4) is 0 Å². The standard InChI is InChI=1S/C19H16N4O2S/c1-11-12(2)26-18-16(11)19(25)23(10-21-18)9-15(24)22-14-7-3-5-13-6-4-8-20-17(13)14/h3-8,10H,9H2,1-2H3,(H,22,24). The van der Waals surface area contributed by atoms with Gasteiger partial charge in [-0.15, -0.1) is 11.3 Å². The van der Waals surface area contributed by atoms with Gasteiger partial charge in [-0.2, -0.15) is 0 Å². The van der Waals surface area contributed by atoms with E-state index in [1.165, 1.54) is 22.2 Å². The lowest BCUT2D eigenvalue weighted by Gasteiger charge is -2.09. The van der Waals surface area contributed by atoms with Crippen molar-refractivity contribution in [3.63, 3.8) is 0 Å². The van der Waals surface area contributed by atoms with Crippen molar-refractivity contribution in [2.45, 2.75) is 20.4 Å². The van der Waals surface area contributed by atoms with Crippen LogP contribution in [-0.2, 0) is 11.3 Å². The number of aromatic nitrogens is 3. The number of hydrogen-bond donors (Lipinski definition) is 1. The summed E-state index contributed by atoms with van der Waals surface area (Å²) in [6, 6.07) is 9.37. The number of nitrogens with one attached hydrogen (secondary N) is 1. The molecule has 4 aromatic rings. The molecule has 0 radical (unpaired) electrons. The van der Waals surface area contributed by atoms with Gasteiger partial charge in [0.15, 0.2) is 0 Å². The van der Waals surface area contributed by atoms with Gasteiger partial charge in [-0.25, -0.2) is 4.98 Å². The largest absolute Gasteiger partial charge is 0.323 e. The minimum atomic E-state index is -0.295. The van der Waals surface area contributed by atoms with Crippen LogP contribution in [0.1, 0.15) is 10.4 Å². The fraction of sp³-hybridized carbons (Fsp3) is 0.158. The van der Waals surface area contributed by atoms with E-state index in [0.29, 0.717) is 21.4 Å². The van der Waals surface area contributed by atoms with Crippen LogP contribution in [-0.4, -0.2) is 20.4 Å². The molecule has 3 aromatic heterocycles. The molecule has 0 atom stereocenters. The Morgan fingerprint density at radius 2 is 2.00 bits per heavy atom. The third kappa shape index (κ3) is 2.76. The molecule has 0 fully saturated rings. The molecule has 0 spiro atoms. The number of hydrogen-bond acceptors (Lipinski definition) is 5. The third-order valence-electron chi connectivity index (χ3n) is 4.38. The molecule has 0 aliphatic heterocycles. The number of nitrogens with zero attached hydrogens (tertiary/aromatic N) is 3. The number of carbonyl (C=O) groups excluding carboxylic acids is 1. The molecule has 130 valence electrons. The summed E-state index contributed by atoms with van der Waals surface area (Å²) in [6.07, 6.45) is 3.11. The molecule has 26 heavy (non-hydrogen) atoms. The molecule has 4 rings (SSSR count). The lowest BCUT2D eigenvalue weighted by molar-refractivity contribution is -0.116. The Bertz CT molecular complexity index is 1200. The maximum atomic E-state index is 12.7. The number of para-hydroxylation sites is 1. The second-order valence-corrected chi connectivity index (χ2v) is 7.27. The molecule has 0 saturated carbocycles. The van der Waals surface area contributed by atoms with Gasteiger partial charge in [0.05, 0.1) is 22.9 Å². The highest BCUT2D eigenvalue weighted by Gasteiger charge is 2.14. The van der Waals surface area contributed by atoms with E-state index >= 15 is 0 Å². The number of aryl methyl sites for hydroxylation is 2. The van der Waals surface area contributed by atoms with Crippen LogP contribution >= 0.6 is 11.3 Å². The quantitative estimate of drug-likeness (QED) is 0.605. The fourth-order valence-electron chi connectivity index (χ4n) is 2.93. The zero-order valence-electron chi connectivity index (χ0n) is 14.3. The molecular weight excluding hydrogens is 348 g/mol. The van der Waals surface area contributed by atoms with Gasteiger partial charge in [0.25, 0.3) is 5.56 Å². The van der Waals surface area contributed by atoms with Gasteiger partial charge in [-0.05, 0) is 31.5 Å². The number of amides is 1. The van der Waals surface area contributed by atoms with E-state index in [-0.39, 0.29) is 18.0 Å². The van der Waals surface area contributed by atoms with Crippen LogP contribution in [0.4, 0.5) is 5.69 Å². The zero-order chi connectivity index (χ0) is 18.3. The van der Waals surface area contributed by atoms with Crippen LogP contribution in [0.5, 0.6) is 0 Å². The summed E-state index contributed by atoms with van der Waals surface area (Å²) in [5, 5.41) is 4.37. The Morgan fingerprint density at radius 3 is 2.85 bits per heavy atom. The van der Waals surface area contributed by atoms with Gasteiger partial charge in [0, 0.05) is 16.5 Å². The van der Waals surface area contributed by atoms with E-state index in [1.807, 2.05) is 38.1 Å². The minimum Gasteiger partial charge on any atom is -0.323 e. The highest BCUT2D eigenvalue weighted by molar-refractivity contribution is 7.18. The van der Waals surface area contributed by atoms with Crippen molar-refractivity contribution in [3.05, 3.63) is 63.7 Å². The van der Waals surface area contributed by atoms with Gasteiger partial charge in [0.1, 0.15) is 11.4 Å². The lowest BCUT2D eigenvalue weighted by Crippen LogP contribution is -2.28. The van der Waals surface area contributed by atoms with E-state index < -0.39 is 0 Å². The lowest BCUT2D eigenvalue weighted by atomic mass is 10.2. The summed E-state index contributed by atoms with van der Waals surface area (Å²) in [4.78, 5) is 35.6. The summed E-state index contributed by atoms with van der Waals surface area (Å²) >= 11 is 1.49. The Hall–Kier alpha value is -3.06. The monoisotopic (exact) mass is 364 g/mol. The first-order chi connectivity index (χ1) is 12.5. The van der Waals surface area contributed by atoms with E-state index in [4.69, 9.17) is 0 Å². The first-order valence-electron chi connectivity index (χ1n) is 8.13. The summed E-state index contributed by atoms with van der Waals surface area (Å²) in [6.45, 7) is 3.77. The fourth-order valence-corrected chi connectivity index (χ4v) is 3.92. The molecule has 0 bridgehead atoms. The second kappa shape index (κ2) is 6.34. The first-order valence-corrected chi connectivity index (χ1v) is 8.95. The van der Waals surface area contributed by atoms with Crippen LogP contribution in [0.3, 0.4) is 0 Å². The van der Waals surface area contributed by atoms with Crippen molar-refractivity contribution >= 4 is 44.1 Å². The molecule has 1 aromatic carbocycles. The van der Waals surface area contributed by atoms with Crippen molar-refractivity contribution in [2.24, 2.45) is 0 Å². The van der Waals surface area contributed by atoms with Gasteiger partial charge < -0.3 is 5.32 Å². The Balaban J connectivity index is 1.64. The van der Waals surface area contributed by atoms with Gasteiger partial charge in [-0.3, -0.25) is 19.1 Å². The molecular formula is C19H16N4O2S. The number of rotatable bonds is 3. The van der Waals surface area contributed by atoms with Crippen LogP contribution in [0, 0.1) is 13.8 Å². The van der Waals surface area contributed by atoms with Crippen molar-refractivity contribution < 1.29 is 4.79 Å². The van der Waals surface area contributed by atoms with E-state index in [9.17, 15) is 9.59 Å². The van der Waals surface area contributed by atoms with Crippen molar-refractivity contribution in [2.75, 3.05) is 5.32 Å². The second-order valence-electron chi connectivity index (χ2n) is 6.07. The van der Waals surface area contributed by atoms with Gasteiger partial charge in [-0.1, -0.05) is 18.2 Å². The summed E-state index contributed by atoms with van der Waals surface area (Å²) in [5.41, 5.74) is 2.07. The highest BCUT2D eigenvalue weighted by atomic mass is 32.1. The summed E-state index contributed by atoms with van der Waals surface area (Å²) in [5.74, 6) is -0.295. The number of benzene rings is 1. The van der Waals surface area contributed by atoms with Crippen LogP contribution < -0.4 is 10.9 Å². The topological polar surface area (TPSA) is 76.9 Å². The maximum absolute atomic E-state index is 12.7. The Morgan fingerprint density at radius 1 is 1.19 bits per heavy atom. The van der Waals surface area contributed by atoms with Crippen molar-refractivity contribution in [1.29, 1.82) is 0 Å². The average molecular weight is 364 g/mol. The molecule has 0 aliphatic carbocycles. The van der Waals surface area contributed by atoms with Gasteiger partial charge in [0.2, 0.25) is 5.91 Å². The maximum Gasteiger partial charge on any atom is 0.262 e. The molecule has 0 unspecified atom stereocenters. The smallest absolute Gasteiger partial charge is 0.262 e. The molecule has 0 aliphatic rings. The van der Waals surface area contributed by atoms with Crippen molar-refractivity contribution in [1.82, 2.24) is 14.5 Å². The zero-order valence-corrected chi connectivity index (χ0v) is 15.1. The number of anilines is 1. The van der Waals surface area contributed by atoms with Crippen LogP contribution in [0.15, 0.2) is 47.7 Å². The summed E-state index contributed by atoms with van der Waals surface area (Å²) in [7, 11) is 0. The predicted molar refractivity (Wildman–Crippen MR) is 104 cm³/mol. The SMILES string of the molecule is Cc1sc2ncn(CC(=O)Nc3cccc4cccnc34)c(=O)c2c1C. The third-order valence-corrected chi connectivity index (χ3v) is 5.49. The van der Waals surface area contributed by atoms with E-state index in [1.54, 1.807) is 12.3 Å². The number of pyridine rings is 1. The molecule has 1 N–H and O–H groups in total. The summed E-state index contributed by atoms with van der Waals surface area (Å²) < 4.78 is 1.34. The van der Waals surface area contributed by atoms with E-state index in [2.05, 4.69) is 15.3 Å². The highest BCUT2D eigenvalue weighted by Crippen LogP contribution is 2.25. The molecule has 6 nitrogen and oxygen atoms in total. The number of fused-ring (bicyclic) bond motifs is 2.